The average Bonchev–Trinajstić information content (AvgIpc) is 3.36. The van der Waals surface area contributed by atoms with Gasteiger partial charge in [-0.15, -0.1) is 0 Å². The summed E-state index contributed by atoms with van der Waals surface area (Å²) < 4.78 is 40.4. The standard InChI is InChI=1S/C17H12ClF3N2O2/c18-10-8-9(4-5-11(10)19)22-15(24)17(6-7-17)16(25)23-14-12(20)2-1-3-13(14)21/h1-5,8H,6-7H2,(H,22,24)(H,23,25). The molecule has 0 bridgehead atoms. The summed E-state index contributed by atoms with van der Waals surface area (Å²) in [5.41, 5.74) is -1.81. The van der Waals surface area contributed by atoms with Crippen molar-refractivity contribution in [1.29, 1.82) is 0 Å². The Kier molecular flexibility index (Phi) is 4.43. The number of rotatable bonds is 4. The number of benzene rings is 2. The van der Waals surface area contributed by atoms with Crippen LogP contribution in [0.5, 0.6) is 0 Å². The van der Waals surface area contributed by atoms with Crippen LogP contribution in [-0.4, -0.2) is 11.8 Å². The molecule has 0 radical (unpaired) electrons. The van der Waals surface area contributed by atoms with Crippen LogP contribution in [-0.2, 0) is 9.59 Å². The van der Waals surface area contributed by atoms with E-state index < -0.39 is 40.4 Å². The molecule has 2 N–H and O–H groups in total. The second kappa shape index (κ2) is 6.40. The minimum atomic E-state index is -1.42. The van der Waals surface area contributed by atoms with Crippen LogP contribution in [0.1, 0.15) is 12.8 Å². The van der Waals surface area contributed by atoms with Gasteiger partial charge in [-0.3, -0.25) is 9.59 Å². The van der Waals surface area contributed by atoms with Crippen molar-refractivity contribution in [3.05, 3.63) is 58.9 Å². The van der Waals surface area contributed by atoms with Gasteiger partial charge < -0.3 is 10.6 Å². The van der Waals surface area contributed by atoms with E-state index in [9.17, 15) is 22.8 Å². The van der Waals surface area contributed by atoms with Crippen molar-refractivity contribution in [3.63, 3.8) is 0 Å². The number of hydrogen-bond acceptors (Lipinski definition) is 2. The molecular formula is C17H12ClF3N2O2. The molecule has 0 aliphatic heterocycles. The van der Waals surface area contributed by atoms with Gasteiger partial charge in [-0.1, -0.05) is 17.7 Å². The van der Waals surface area contributed by atoms with Gasteiger partial charge in [-0.05, 0) is 43.2 Å². The molecule has 2 amide bonds. The average molecular weight is 369 g/mol. The third-order valence-corrected chi connectivity index (χ3v) is 4.29. The van der Waals surface area contributed by atoms with Gasteiger partial charge in [0.15, 0.2) is 0 Å². The maximum Gasteiger partial charge on any atom is 0.240 e. The van der Waals surface area contributed by atoms with Crippen LogP contribution in [0.25, 0.3) is 0 Å². The molecule has 2 aromatic rings. The lowest BCUT2D eigenvalue weighted by Crippen LogP contribution is -2.36. The van der Waals surface area contributed by atoms with Crippen molar-refractivity contribution in [3.8, 4) is 0 Å². The van der Waals surface area contributed by atoms with Crippen molar-refractivity contribution in [2.75, 3.05) is 10.6 Å². The highest BCUT2D eigenvalue weighted by molar-refractivity contribution is 6.31. The maximum absolute atomic E-state index is 13.6. The first-order chi connectivity index (χ1) is 11.8. The Labute approximate surface area is 146 Å². The van der Waals surface area contributed by atoms with Crippen LogP contribution in [0, 0.1) is 22.9 Å². The molecule has 8 heteroatoms. The summed E-state index contributed by atoms with van der Waals surface area (Å²) in [7, 11) is 0. The fourth-order valence-corrected chi connectivity index (χ4v) is 2.54. The molecule has 3 rings (SSSR count). The maximum atomic E-state index is 13.6. The fraction of sp³-hybridized carbons (Fsp3) is 0.176. The smallest absolute Gasteiger partial charge is 0.240 e. The first-order valence-corrected chi connectivity index (χ1v) is 7.73. The monoisotopic (exact) mass is 368 g/mol. The van der Waals surface area contributed by atoms with Crippen molar-refractivity contribution < 1.29 is 22.8 Å². The normalized spacial score (nSPS) is 14.7. The third kappa shape index (κ3) is 3.32. The van der Waals surface area contributed by atoms with Gasteiger partial charge in [-0.25, -0.2) is 13.2 Å². The predicted octanol–water partition coefficient (Wildman–Crippen LogP) is 4.11. The molecule has 0 heterocycles. The molecule has 25 heavy (non-hydrogen) atoms. The summed E-state index contributed by atoms with van der Waals surface area (Å²) >= 11 is 5.64. The number of amides is 2. The van der Waals surface area contributed by atoms with E-state index in [4.69, 9.17) is 11.6 Å². The first-order valence-electron chi connectivity index (χ1n) is 7.35. The van der Waals surface area contributed by atoms with Crippen molar-refractivity contribution in [2.45, 2.75) is 12.8 Å². The van der Waals surface area contributed by atoms with Crippen LogP contribution < -0.4 is 10.6 Å². The minimum Gasteiger partial charge on any atom is -0.325 e. The number of anilines is 2. The third-order valence-electron chi connectivity index (χ3n) is 4.00. The van der Waals surface area contributed by atoms with E-state index in [1.54, 1.807) is 0 Å². The zero-order chi connectivity index (χ0) is 18.2. The Hall–Kier alpha value is -2.54. The lowest BCUT2D eigenvalue weighted by atomic mass is 10.0. The van der Waals surface area contributed by atoms with E-state index in [1.165, 1.54) is 12.1 Å². The van der Waals surface area contributed by atoms with Gasteiger partial charge in [0, 0.05) is 5.69 Å². The van der Waals surface area contributed by atoms with Crippen LogP contribution >= 0.6 is 11.6 Å². The number of hydrogen-bond donors (Lipinski definition) is 2. The van der Waals surface area contributed by atoms with Crippen molar-refractivity contribution >= 4 is 34.8 Å². The highest BCUT2D eigenvalue weighted by Gasteiger charge is 2.56. The number of para-hydroxylation sites is 1. The van der Waals surface area contributed by atoms with Gasteiger partial charge in [0.25, 0.3) is 0 Å². The van der Waals surface area contributed by atoms with Gasteiger partial charge in [0.1, 0.15) is 28.6 Å². The van der Waals surface area contributed by atoms with Gasteiger partial charge in [-0.2, -0.15) is 0 Å². The number of nitrogens with one attached hydrogen (secondary N) is 2. The fourth-order valence-electron chi connectivity index (χ4n) is 2.36. The molecule has 1 aliphatic rings. The molecular weight excluding hydrogens is 357 g/mol. The zero-order valence-corrected chi connectivity index (χ0v) is 13.5. The van der Waals surface area contributed by atoms with Crippen LogP contribution in [0.15, 0.2) is 36.4 Å². The second-order valence-electron chi connectivity index (χ2n) is 5.72. The number of carbonyl (C=O) groups is 2. The molecule has 130 valence electrons. The molecule has 0 unspecified atom stereocenters. The second-order valence-corrected chi connectivity index (χ2v) is 6.12. The molecule has 0 spiro atoms. The summed E-state index contributed by atoms with van der Waals surface area (Å²) in [6, 6.07) is 6.74. The summed E-state index contributed by atoms with van der Waals surface area (Å²) in [4.78, 5) is 24.8. The molecule has 4 nitrogen and oxygen atoms in total. The molecule has 0 saturated heterocycles. The Bertz CT molecular complexity index is 849. The van der Waals surface area contributed by atoms with Gasteiger partial charge in [0.2, 0.25) is 11.8 Å². The Balaban J connectivity index is 1.76. The topological polar surface area (TPSA) is 58.2 Å². The Morgan fingerprint density at radius 1 is 0.920 bits per heavy atom. The highest BCUT2D eigenvalue weighted by Crippen LogP contribution is 2.47. The minimum absolute atomic E-state index is 0.180. The van der Waals surface area contributed by atoms with E-state index in [2.05, 4.69) is 10.6 Å². The molecule has 1 aliphatic carbocycles. The van der Waals surface area contributed by atoms with Gasteiger partial charge in [0.05, 0.1) is 5.02 Å². The lowest BCUT2D eigenvalue weighted by molar-refractivity contribution is -0.131. The van der Waals surface area contributed by atoms with E-state index in [0.29, 0.717) is 0 Å². The predicted molar refractivity (Wildman–Crippen MR) is 86.7 cm³/mol. The Morgan fingerprint density at radius 2 is 1.52 bits per heavy atom. The Morgan fingerprint density at radius 3 is 2.08 bits per heavy atom. The molecule has 0 atom stereocenters. The SMILES string of the molecule is O=C(Nc1ccc(F)c(Cl)c1)C1(C(=O)Nc2c(F)cccc2F)CC1. The zero-order valence-electron chi connectivity index (χ0n) is 12.7. The van der Waals surface area contributed by atoms with Crippen LogP contribution in [0.2, 0.25) is 5.02 Å². The van der Waals surface area contributed by atoms with Gasteiger partial charge >= 0.3 is 0 Å². The summed E-state index contributed by atoms with van der Waals surface area (Å²) in [6.07, 6.45) is 0.464. The molecule has 1 fully saturated rings. The van der Waals surface area contributed by atoms with Crippen molar-refractivity contribution in [1.82, 2.24) is 0 Å². The highest BCUT2D eigenvalue weighted by atomic mass is 35.5. The lowest BCUT2D eigenvalue weighted by Gasteiger charge is -2.16. The largest absolute Gasteiger partial charge is 0.325 e. The molecule has 0 aromatic heterocycles. The first kappa shape index (κ1) is 17.3. The van der Waals surface area contributed by atoms with Crippen molar-refractivity contribution in [2.24, 2.45) is 5.41 Å². The quantitative estimate of drug-likeness (QED) is 0.798. The van der Waals surface area contributed by atoms with E-state index in [0.717, 1.165) is 24.3 Å². The summed E-state index contributed by atoms with van der Waals surface area (Å²) in [6.45, 7) is 0. The van der Waals surface area contributed by atoms with E-state index in [1.807, 2.05) is 0 Å². The number of halogens is 4. The van der Waals surface area contributed by atoms with Crippen LogP contribution in [0.4, 0.5) is 24.5 Å². The van der Waals surface area contributed by atoms with E-state index >= 15 is 0 Å². The molecule has 1 saturated carbocycles. The summed E-state index contributed by atoms with van der Waals surface area (Å²) in [5.74, 6) is -3.97. The number of carbonyl (C=O) groups excluding carboxylic acids is 2. The molecule has 2 aromatic carbocycles. The van der Waals surface area contributed by atoms with Crippen LogP contribution in [0.3, 0.4) is 0 Å². The van der Waals surface area contributed by atoms with E-state index in [-0.39, 0.29) is 23.6 Å². The summed E-state index contributed by atoms with van der Waals surface area (Å²) in [5, 5.41) is 4.42.